The first-order valence-electron chi connectivity index (χ1n) is 10.00. The predicted molar refractivity (Wildman–Crippen MR) is 124 cm³/mol. The molecule has 4 aromatic rings. The summed E-state index contributed by atoms with van der Waals surface area (Å²) in [5.41, 5.74) is -0.642. The third-order valence-electron chi connectivity index (χ3n) is 5.46. The first-order valence-corrected chi connectivity index (χ1v) is 10.8. The van der Waals surface area contributed by atoms with Crippen LogP contribution in [0.15, 0.2) is 76.6 Å². The number of non-ortho nitro benzene ring substituents is 1. The first kappa shape index (κ1) is 21.9. The van der Waals surface area contributed by atoms with Gasteiger partial charge >= 0.3 is 0 Å². The van der Waals surface area contributed by atoms with Crippen molar-refractivity contribution in [3.05, 3.63) is 98.5 Å². The number of nitro groups is 1. The fraction of sp³-hybridized carbons (Fsp3) is 0.0909. The molecule has 3 heterocycles. The van der Waals surface area contributed by atoms with Crippen LogP contribution in [0.1, 0.15) is 11.1 Å². The van der Waals surface area contributed by atoms with E-state index in [0.29, 0.717) is 10.5 Å². The van der Waals surface area contributed by atoms with Gasteiger partial charge in [-0.2, -0.15) is 4.83 Å². The Morgan fingerprint density at radius 2 is 1.91 bits per heavy atom. The van der Waals surface area contributed by atoms with Gasteiger partial charge in [-0.15, -0.1) is 0 Å². The number of pyridine rings is 2. The molecule has 12 heteroatoms. The summed E-state index contributed by atoms with van der Waals surface area (Å²) in [5.74, 6) is -3.17. The minimum Gasteiger partial charge on any atom is -0.505 e. The average Bonchev–Trinajstić information content (AvgIpc) is 2.83. The molecule has 5 rings (SSSR count). The number of nitro benzene ring substituents is 1. The Hall–Kier alpha value is -3.97. The monoisotopic (exact) mass is 479 g/mol. The zero-order valence-corrected chi connectivity index (χ0v) is 18.1. The van der Waals surface area contributed by atoms with E-state index in [1.807, 2.05) is 0 Å². The molecule has 1 aliphatic heterocycles. The van der Waals surface area contributed by atoms with Crippen LogP contribution in [0.5, 0.6) is 5.75 Å². The lowest BCUT2D eigenvalue weighted by Gasteiger charge is -2.40. The minimum atomic E-state index is -2.67. The maximum atomic E-state index is 13.6. The number of aliphatic hydroxyl groups is 2. The molecule has 0 atom stereocenters. The van der Waals surface area contributed by atoms with Crippen molar-refractivity contribution in [3.8, 4) is 5.75 Å². The van der Waals surface area contributed by atoms with Gasteiger partial charge in [0.15, 0.2) is 11.4 Å². The van der Waals surface area contributed by atoms with E-state index in [1.54, 1.807) is 30.3 Å². The lowest BCUT2D eigenvalue weighted by molar-refractivity contribution is -0.384. The molecule has 0 spiro atoms. The van der Waals surface area contributed by atoms with Gasteiger partial charge in [0.05, 0.1) is 16.9 Å². The highest BCUT2D eigenvalue weighted by Crippen LogP contribution is 2.41. The average molecular weight is 479 g/mol. The van der Waals surface area contributed by atoms with Gasteiger partial charge in [-0.05, 0) is 35.7 Å². The molecule has 0 fully saturated rings. The number of aromatic hydroxyl groups is 1. The van der Waals surface area contributed by atoms with Crippen LogP contribution in [-0.2, 0) is 12.5 Å². The molecule has 0 radical (unpaired) electrons. The van der Waals surface area contributed by atoms with E-state index in [-0.39, 0.29) is 28.8 Å². The maximum absolute atomic E-state index is 13.6. The Morgan fingerprint density at radius 1 is 1.12 bits per heavy atom. The van der Waals surface area contributed by atoms with Crippen molar-refractivity contribution in [2.45, 2.75) is 17.4 Å². The van der Waals surface area contributed by atoms with Crippen molar-refractivity contribution < 1.29 is 20.2 Å². The molecular weight excluding hydrogens is 462 g/mol. The van der Waals surface area contributed by atoms with Gasteiger partial charge in [0.25, 0.3) is 17.2 Å². The number of aromatic nitrogens is 2. The van der Waals surface area contributed by atoms with Gasteiger partial charge < -0.3 is 15.3 Å². The van der Waals surface area contributed by atoms with Crippen LogP contribution < -0.4 is 15.4 Å². The zero-order valence-electron chi connectivity index (χ0n) is 17.3. The lowest BCUT2D eigenvalue weighted by atomic mass is 10.1. The highest BCUT2D eigenvalue weighted by atomic mass is 32.2. The summed E-state index contributed by atoms with van der Waals surface area (Å²) in [6, 6.07) is 15.4. The van der Waals surface area contributed by atoms with Gasteiger partial charge in [0, 0.05) is 28.8 Å². The Balaban J connectivity index is 1.71. The highest BCUT2D eigenvalue weighted by Gasteiger charge is 2.43. The van der Waals surface area contributed by atoms with Gasteiger partial charge in [-0.25, -0.2) is 9.99 Å². The Morgan fingerprint density at radius 3 is 2.71 bits per heavy atom. The summed E-state index contributed by atoms with van der Waals surface area (Å²) < 4.78 is 1.21. The topological polar surface area (TPSA) is 154 Å². The standard InChI is InChI=1S/C22H17N5O6S/c28-19-15-7-4-10-23-20(15)25(12-13-5-3-6-14(11-13)27(32)33)21(29)18(19)26-22(30,31)16-8-1-2-9-17(16)34-24-26/h1-11,24,28,30-31H,12H2. The molecule has 2 aromatic heterocycles. The van der Waals surface area contributed by atoms with E-state index in [0.717, 1.165) is 17.0 Å². The molecule has 0 saturated heterocycles. The smallest absolute Gasteiger partial charge is 0.291 e. The highest BCUT2D eigenvalue weighted by molar-refractivity contribution is 7.97. The summed E-state index contributed by atoms with van der Waals surface area (Å²) in [6.45, 7) is -0.108. The molecule has 2 aromatic carbocycles. The van der Waals surface area contributed by atoms with Crippen molar-refractivity contribution in [1.82, 2.24) is 14.4 Å². The molecule has 4 N–H and O–H groups in total. The van der Waals surface area contributed by atoms with Crippen LogP contribution in [0.4, 0.5) is 11.4 Å². The largest absolute Gasteiger partial charge is 0.505 e. The summed E-state index contributed by atoms with van der Waals surface area (Å²) in [6.07, 6.45) is 1.44. The Labute approximate surface area is 195 Å². The van der Waals surface area contributed by atoms with E-state index in [2.05, 4.69) is 9.82 Å². The number of nitrogens with one attached hydrogen (secondary N) is 1. The number of nitrogens with zero attached hydrogens (tertiary/aromatic N) is 4. The van der Waals surface area contributed by atoms with E-state index in [4.69, 9.17) is 0 Å². The van der Waals surface area contributed by atoms with Crippen molar-refractivity contribution in [1.29, 1.82) is 0 Å². The molecule has 0 bridgehead atoms. The number of anilines is 1. The second-order valence-corrected chi connectivity index (χ2v) is 8.38. The fourth-order valence-corrected chi connectivity index (χ4v) is 4.73. The van der Waals surface area contributed by atoms with Crippen LogP contribution in [0.2, 0.25) is 0 Å². The molecule has 172 valence electrons. The summed E-state index contributed by atoms with van der Waals surface area (Å²) >= 11 is 1.04. The molecule has 1 aliphatic rings. The van der Waals surface area contributed by atoms with Crippen molar-refractivity contribution in [2.24, 2.45) is 0 Å². The molecule has 0 saturated carbocycles. The second kappa shape index (κ2) is 8.11. The van der Waals surface area contributed by atoms with Gasteiger partial charge in [-0.1, -0.05) is 30.3 Å². The quantitative estimate of drug-likeness (QED) is 0.148. The van der Waals surface area contributed by atoms with Gasteiger partial charge in [-0.3, -0.25) is 19.5 Å². The van der Waals surface area contributed by atoms with Gasteiger partial charge in [0.2, 0.25) is 0 Å². The first-order chi connectivity index (χ1) is 16.3. The molecule has 11 nitrogen and oxygen atoms in total. The Bertz CT molecular complexity index is 1510. The van der Waals surface area contributed by atoms with E-state index < -0.39 is 27.8 Å². The van der Waals surface area contributed by atoms with Crippen LogP contribution >= 0.6 is 11.9 Å². The van der Waals surface area contributed by atoms with Crippen molar-refractivity contribution in [2.75, 3.05) is 5.01 Å². The third kappa shape index (κ3) is 3.45. The molecular formula is C22H17N5O6S. The molecule has 34 heavy (non-hydrogen) atoms. The summed E-state index contributed by atoms with van der Waals surface area (Å²) in [4.78, 5) is 31.7. The van der Waals surface area contributed by atoms with Crippen molar-refractivity contribution >= 4 is 34.4 Å². The number of hydrogen-bond acceptors (Lipinski definition) is 10. The predicted octanol–water partition coefficient (Wildman–Crippen LogP) is 2.19. The lowest BCUT2D eigenvalue weighted by Crippen LogP contribution is -2.56. The SMILES string of the molecule is O=c1c(N2NSc3ccccc3C2(O)O)c(O)c2cccnc2n1Cc1cccc([N+](=O)[O-])c1. The van der Waals surface area contributed by atoms with Crippen LogP contribution in [0.3, 0.4) is 0 Å². The summed E-state index contributed by atoms with van der Waals surface area (Å²) in [5, 5.41) is 45.2. The number of rotatable bonds is 4. The van der Waals surface area contributed by atoms with E-state index in [9.17, 15) is 30.2 Å². The van der Waals surface area contributed by atoms with Gasteiger partial charge in [0.1, 0.15) is 5.65 Å². The number of benzene rings is 2. The number of hydrogen-bond donors (Lipinski definition) is 4. The normalized spacial score (nSPS) is 14.7. The van der Waals surface area contributed by atoms with Crippen LogP contribution in [0.25, 0.3) is 11.0 Å². The fourth-order valence-electron chi connectivity index (χ4n) is 3.86. The van der Waals surface area contributed by atoms with Crippen LogP contribution in [0, 0.1) is 10.1 Å². The molecule has 0 amide bonds. The van der Waals surface area contributed by atoms with Crippen molar-refractivity contribution in [3.63, 3.8) is 0 Å². The number of fused-ring (bicyclic) bond motifs is 2. The summed E-state index contributed by atoms with van der Waals surface area (Å²) in [7, 11) is 0. The minimum absolute atomic E-state index is 0.108. The van der Waals surface area contributed by atoms with E-state index in [1.165, 1.54) is 41.1 Å². The second-order valence-electron chi connectivity index (χ2n) is 7.55. The third-order valence-corrected chi connectivity index (χ3v) is 6.31. The van der Waals surface area contributed by atoms with E-state index >= 15 is 0 Å². The zero-order chi connectivity index (χ0) is 24.0. The van der Waals surface area contributed by atoms with Crippen LogP contribution in [-0.4, -0.2) is 29.8 Å². The maximum Gasteiger partial charge on any atom is 0.291 e. The molecule has 0 aliphatic carbocycles. The molecule has 0 unspecified atom stereocenters. The Kier molecular flexibility index (Phi) is 5.21. The number of hydrazine groups is 1.